The molecule has 0 spiro atoms. The first-order valence-corrected chi connectivity index (χ1v) is 21.1. The van der Waals surface area contributed by atoms with Crippen LogP contribution in [-0.2, 0) is 27.9 Å². The molecule has 0 aliphatic carbocycles. The number of likely N-dealkylation sites (N-methyl/N-ethyl adjacent to an activating group) is 1. The van der Waals surface area contributed by atoms with Crippen molar-refractivity contribution in [3.8, 4) is 0 Å². The second kappa shape index (κ2) is 35.0. The van der Waals surface area contributed by atoms with E-state index in [1.165, 1.54) is 0 Å². The zero-order valence-corrected chi connectivity index (χ0v) is 33.9. The van der Waals surface area contributed by atoms with Crippen LogP contribution in [0.1, 0.15) is 129 Å². The maximum atomic E-state index is 12.6. The summed E-state index contributed by atoms with van der Waals surface area (Å²) in [7, 11) is 1.31. The van der Waals surface area contributed by atoms with Gasteiger partial charge in [-0.3, -0.25) is 9.36 Å². The number of hydrogen-bond donors (Lipinski definition) is 0. The average Bonchev–Trinajstić information content (AvgIpc) is 3.08. The van der Waals surface area contributed by atoms with Crippen molar-refractivity contribution in [3.05, 3.63) is 72.9 Å². The van der Waals surface area contributed by atoms with E-state index in [1.54, 1.807) is 0 Å². The SMILES string of the molecule is CC/C=C\C/C=C\C/C=C\CCCCCCCC(=O)OC(COCCCCCC/C=C\C/C=C\C/C=C\CC)COP(=O)([O-])OCC[N+](C)(C)C. The number of hydrogen-bond acceptors (Lipinski definition) is 7. The molecule has 0 radical (unpaired) electrons. The van der Waals surface area contributed by atoms with E-state index < -0.39 is 13.9 Å². The molecule has 0 aromatic heterocycles. The maximum Gasteiger partial charge on any atom is 0.306 e. The molecule has 2 atom stereocenters. The first-order chi connectivity index (χ1) is 24.6. The van der Waals surface area contributed by atoms with Crippen molar-refractivity contribution >= 4 is 13.8 Å². The molecule has 0 heterocycles. The number of unbranched alkanes of at least 4 members (excludes halogenated alkanes) is 9. The van der Waals surface area contributed by atoms with Crippen molar-refractivity contribution in [1.29, 1.82) is 0 Å². The van der Waals surface area contributed by atoms with Crippen LogP contribution in [0.15, 0.2) is 72.9 Å². The number of phosphoric acid groups is 1. The van der Waals surface area contributed by atoms with E-state index in [2.05, 4.69) is 86.8 Å². The van der Waals surface area contributed by atoms with Crippen LogP contribution in [0, 0.1) is 0 Å². The van der Waals surface area contributed by atoms with E-state index in [4.69, 9.17) is 18.5 Å². The Morgan fingerprint density at radius 3 is 1.61 bits per heavy atom. The van der Waals surface area contributed by atoms with Crippen molar-refractivity contribution in [2.75, 3.05) is 54.1 Å². The lowest BCUT2D eigenvalue weighted by Crippen LogP contribution is -2.37. The third-order valence-corrected chi connectivity index (χ3v) is 8.72. The van der Waals surface area contributed by atoms with Crippen LogP contribution < -0.4 is 4.89 Å². The Labute approximate surface area is 312 Å². The van der Waals surface area contributed by atoms with Crippen molar-refractivity contribution in [2.45, 2.75) is 136 Å². The van der Waals surface area contributed by atoms with E-state index >= 15 is 0 Å². The Balaban J connectivity index is 4.38. The number of phosphoric ester groups is 1. The molecule has 0 rings (SSSR count). The number of carbonyl (C=O) groups is 1. The van der Waals surface area contributed by atoms with E-state index in [0.29, 0.717) is 17.6 Å². The van der Waals surface area contributed by atoms with E-state index in [1.807, 2.05) is 21.1 Å². The molecule has 0 aliphatic heterocycles. The highest BCUT2D eigenvalue weighted by molar-refractivity contribution is 7.45. The summed E-state index contributed by atoms with van der Waals surface area (Å²) in [6.45, 7) is 5.07. The molecular formula is C42H74NO7P. The van der Waals surface area contributed by atoms with Gasteiger partial charge in [0.25, 0.3) is 7.82 Å². The second-order valence-electron chi connectivity index (χ2n) is 13.9. The first-order valence-electron chi connectivity index (χ1n) is 19.7. The second-order valence-corrected chi connectivity index (χ2v) is 15.3. The number of allylic oxidation sites excluding steroid dienone is 12. The van der Waals surface area contributed by atoms with Gasteiger partial charge in [-0.1, -0.05) is 119 Å². The summed E-state index contributed by atoms with van der Waals surface area (Å²) in [5.74, 6) is -0.364. The fourth-order valence-corrected chi connectivity index (χ4v) is 5.48. The Morgan fingerprint density at radius 1 is 0.608 bits per heavy atom. The van der Waals surface area contributed by atoms with Gasteiger partial charge in [-0.05, 0) is 77.0 Å². The number of quaternary nitrogens is 1. The molecular weight excluding hydrogens is 661 g/mol. The van der Waals surface area contributed by atoms with Crippen LogP contribution in [0.5, 0.6) is 0 Å². The summed E-state index contributed by atoms with van der Waals surface area (Å²) in [6.07, 6.45) is 43.4. The summed E-state index contributed by atoms with van der Waals surface area (Å²) in [5.41, 5.74) is 0. The summed E-state index contributed by atoms with van der Waals surface area (Å²) in [4.78, 5) is 25.0. The predicted molar refractivity (Wildman–Crippen MR) is 212 cm³/mol. The zero-order chi connectivity index (χ0) is 37.7. The minimum absolute atomic E-state index is 0.0137. The Kier molecular flexibility index (Phi) is 33.6. The van der Waals surface area contributed by atoms with Gasteiger partial charge in [0.1, 0.15) is 19.3 Å². The van der Waals surface area contributed by atoms with Crippen LogP contribution >= 0.6 is 7.82 Å². The first kappa shape index (κ1) is 48.9. The number of esters is 1. The highest BCUT2D eigenvalue weighted by Crippen LogP contribution is 2.38. The lowest BCUT2D eigenvalue weighted by atomic mass is 10.1. The van der Waals surface area contributed by atoms with Crippen LogP contribution in [-0.4, -0.2) is 70.7 Å². The molecule has 8 nitrogen and oxygen atoms in total. The van der Waals surface area contributed by atoms with Gasteiger partial charge in [0.2, 0.25) is 0 Å². The summed E-state index contributed by atoms with van der Waals surface area (Å²) in [5, 5.41) is 0. The van der Waals surface area contributed by atoms with E-state index in [-0.39, 0.29) is 32.2 Å². The van der Waals surface area contributed by atoms with Gasteiger partial charge in [-0.25, -0.2) is 0 Å². The molecule has 0 bridgehead atoms. The molecule has 0 fully saturated rings. The molecule has 294 valence electrons. The number of carbonyl (C=O) groups excluding carboxylic acids is 1. The number of rotatable bonds is 35. The third-order valence-electron chi connectivity index (χ3n) is 7.75. The molecule has 2 unspecified atom stereocenters. The van der Waals surface area contributed by atoms with Gasteiger partial charge in [0.15, 0.2) is 0 Å². The van der Waals surface area contributed by atoms with Gasteiger partial charge in [-0.2, -0.15) is 0 Å². The van der Waals surface area contributed by atoms with E-state index in [0.717, 1.165) is 109 Å². The van der Waals surface area contributed by atoms with E-state index in [9.17, 15) is 14.3 Å². The molecule has 0 aliphatic rings. The zero-order valence-electron chi connectivity index (χ0n) is 33.0. The Morgan fingerprint density at radius 2 is 1.08 bits per heavy atom. The van der Waals surface area contributed by atoms with Crippen LogP contribution in [0.4, 0.5) is 0 Å². The summed E-state index contributed by atoms with van der Waals surface area (Å²) in [6, 6.07) is 0. The molecule has 0 amide bonds. The summed E-state index contributed by atoms with van der Waals surface area (Å²) < 4.78 is 34.4. The topological polar surface area (TPSA) is 94.1 Å². The van der Waals surface area contributed by atoms with Crippen LogP contribution in [0.25, 0.3) is 0 Å². The quantitative estimate of drug-likeness (QED) is 0.0210. The number of ether oxygens (including phenoxy) is 2. The van der Waals surface area contributed by atoms with Gasteiger partial charge in [-0.15, -0.1) is 0 Å². The lowest BCUT2D eigenvalue weighted by Gasteiger charge is -2.28. The molecule has 9 heteroatoms. The highest BCUT2D eigenvalue weighted by Gasteiger charge is 2.20. The average molecular weight is 736 g/mol. The Bertz CT molecular complexity index is 1040. The molecule has 51 heavy (non-hydrogen) atoms. The van der Waals surface area contributed by atoms with Gasteiger partial charge >= 0.3 is 5.97 Å². The fraction of sp³-hybridized carbons (Fsp3) is 0.690. The maximum absolute atomic E-state index is 12.6. The number of nitrogens with zero attached hydrogens (tertiary/aromatic N) is 1. The van der Waals surface area contributed by atoms with Crippen LogP contribution in [0.2, 0.25) is 0 Å². The fourth-order valence-electron chi connectivity index (χ4n) is 4.75. The third kappa shape index (κ3) is 39.0. The lowest BCUT2D eigenvalue weighted by molar-refractivity contribution is -0.870. The molecule has 0 saturated heterocycles. The molecule has 0 saturated carbocycles. The normalized spacial score (nSPS) is 14.7. The largest absolute Gasteiger partial charge is 0.756 e. The van der Waals surface area contributed by atoms with Crippen molar-refractivity contribution in [1.82, 2.24) is 0 Å². The highest BCUT2D eigenvalue weighted by atomic mass is 31.2. The van der Waals surface area contributed by atoms with Gasteiger partial charge in [0, 0.05) is 13.0 Å². The molecule has 0 aromatic rings. The molecule has 0 aromatic carbocycles. The monoisotopic (exact) mass is 736 g/mol. The predicted octanol–water partition coefficient (Wildman–Crippen LogP) is 10.5. The van der Waals surface area contributed by atoms with Crippen LogP contribution in [0.3, 0.4) is 0 Å². The minimum Gasteiger partial charge on any atom is -0.756 e. The molecule has 0 N–H and O–H groups in total. The van der Waals surface area contributed by atoms with Gasteiger partial charge < -0.3 is 27.9 Å². The van der Waals surface area contributed by atoms with Gasteiger partial charge in [0.05, 0.1) is 34.4 Å². The Hall–Kier alpha value is -2.06. The minimum atomic E-state index is -4.53. The van der Waals surface area contributed by atoms with Crippen molar-refractivity contribution in [3.63, 3.8) is 0 Å². The van der Waals surface area contributed by atoms with Crippen molar-refractivity contribution in [2.24, 2.45) is 0 Å². The van der Waals surface area contributed by atoms with Crippen molar-refractivity contribution < 1.29 is 37.3 Å². The summed E-state index contributed by atoms with van der Waals surface area (Å²) >= 11 is 0. The smallest absolute Gasteiger partial charge is 0.306 e. The standard InChI is InChI=1S/C42H74NO7P/c1-6-8-10-12-14-16-18-20-22-23-25-27-29-31-33-35-42(44)50-41(40-49-51(45,46)48-38-36-43(3,4)5)39-47-37-34-32-30-28-26-24-21-19-17-15-13-11-9-7-2/h8-11,14-17,20-22,24,41H,6-7,12-13,18-19,23,25-40H2,1-5H3/b10-8-,11-9-,16-14-,17-15-,22-20-,24-21-.